The van der Waals surface area contributed by atoms with Crippen molar-refractivity contribution in [2.75, 3.05) is 39.8 Å². The molecule has 0 bridgehead atoms. The van der Waals surface area contributed by atoms with Crippen molar-refractivity contribution in [2.45, 2.75) is 58.1 Å². The van der Waals surface area contributed by atoms with Gasteiger partial charge in [0, 0.05) is 13.1 Å². The van der Waals surface area contributed by atoms with Gasteiger partial charge in [-0.3, -0.25) is 9.89 Å². The monoisotopic (exact) mass is 518 g/mol. The molecule has 1 aliphatic heterocycles. The number of hydrogen-bond donors (Lipinski definition) is 3. The molecule has 166 valence electrons. The van der Waals surface area contributed by atoms with E-state index in [2.05, 4.69) is 39.6 Å². The van der Waals surface area contributed by atoms with Crippen LogP contribution in [0, 0.1) is 0 Å². The highest BCUT2D eigenvalue weighted by Crippen LogP contribution is 2.26. The largest absolute Gasteiger partial charge is 0.497 e. The smallest absolute Gasteiger partial charge is 0.191 e. The van der Waals surface area contributed by atoms with Gasteiger partial charge in [0.15, 0.2) is 5.96 Å². The number of likely N-dealkylation sites (tertiary alicyclic amines) is 1. The highest BCUT2D eigenvalue weighted by Gasteiger charge is 2.25. The van der Waals surface area contributed by atoms with Gasteiger partial charge in [0.25, 0.3) is 0 Å². The molecule has 6 nitrogen and oxygen atoms in total. The number of nitrogens with zero attached hydrogens (tertiary/aromatic N) is 2. The van der Waals surface area contributed by atoms with Crippen molar-refractivity contribution in [2.24, 2.45) is 4.99 Å². The van der Waals surface area contributed by atoms with E-state index < -0.39 is 5.60 Å². The van der Waals surface area contributed by atoms with Gasteiger partial charge in [0.1, 0.15) is 5.75 Å². The lowest BCUT2D eigenvalue weighted by Gasteiger charge is -2.29. The van der Waals surface area contributed by atoms with E-state index in [0.29, 0.717) is 19.4 Å². The molecule has 7 heteroatoms. The van der Waals surface area contributed by atoms with Crippen molar-refractivity contribution in [3.05, 3.63) is 29.8 Å². The maximum absolute atomic E-state index is 10.5. The van der Waals surface area contributed by atoms with Crippen molar-refractivity contribution >= 4 is 29.9 Å². The van der Waals surface area contributed by atoms with Crippen molar-refractivity contribution in [1.29, 1.82) is 0 Å². The van der Waals surface area contributed by atoms with Gasteiger partial charge in [-0.05, 0) is 63.4 Å². The number of rotatable bonds is 10. The lowest BCUT2D eigenvalue weighted by atomic mass is 9.98. The fourth-order valence-corrected chi connectivity index (χ4v) is 3.57. The molecule has 1 saturated heterocycles. The molecule has 1 atom stereocenters. The fourth-order valence-electron chi connectivity index (χ4n) is 3.57. The number of nitrogens with one attached hydrogen (secondary N) is 2. The number of guanidine groups is 1. The third-order valence-corrected chi connectivity index (χ3v) is 5.74. The van der Waals surface area contributed by atoms with Gasteiger partial charge in [0.05, 0.1) is 25.3 Å². The van der Waals surface area contributed by atoms with Crippen LogP contribution in [0.3, 0.4) is 0 Å². The van der Waals surface area contributed by atoms with E-state index in [0.717, 1.165) is 37.9 Å². The minimum absolute atomic E-state index is 0. The second-order valence-corrected chi connectivity index (χ2v) is 7.54. The third kappa shape index (κ3) is 7.94. The third-order valence-electron chi connectivity index (χ3n) is 5.74. The molecule has 0 spiro atoms. The summed E-state index contributed by atoms with van der Waals surface area (Å²) >= 11 is 0. The lowest BCUT2D eigenvalue weighted by Crippen LogP contribution is -2.43. The Bertz CT molecular complexity index is 599. The zero-order valence-electron chi connectivity index (χ0n) is 18.4. The Hall–Kier alpha value is -1.06. The molecule has 1 fully saturated rings. The maximum atomic E-state index is 10.5. The van der Waals surface area contributed by atoms with Crippen LogP contribution in [0.2, 0.25) is 0 Å². The molecule has 2 rings (SSSR count). The van der Waals surface area contributed by atoms with Gasteiger partial charge >= 0.3 is 0 Å². The first-order valence-corrected chi connectivity index (χ1v) is 10.7. The van der Waals surface area contributed by atoms with E-state index in [1.54, 1.807) is 7.11 Å². The summed E-state index contributed by atoms with van der Waals surface area (Å²) in [6.45, 7) is 10.3. The van der Waals surface area contributed by atoms with Gasteiger partial charge in [-0.15, -0.1) is 24.0 Å². The molecule has 0 saturated carbocycles. The fraction of sp³-hybridized carbons (Fsp3) is 0.682. The van der Waals surface area contributed by atoms with E-state index in [4.69, 9.17) is 4.74 Å². The molecule has 0 radical (unpaired) electrons. The van der Waals surface area contributed by atoms with Crippen LogP contribution in [0.5, 0.6) is 5.75 Å². The Morgan fingerprint density at radius 3 is 2.28 bits per heavy atom. The Kier molecular flexibility index (Phi) is 11.9. The van der Waals surface area contributed by atoms with E-state index in [9.17, 15) is 5.11 Å². The number of aliphatic hydroxyl groups is 1. The molecular formula is C22H39IN4O2. The normalized spacial score (nSPS) is 16.2. The zero-order chi connectivity index (χ0) is 20.4. The molecule has 1 heterocycles. The van der Waals surface area contributed by atoms with Crippen LogP contribution in [0.25, 0.3) is 0 Å². The summed E-state index contributed by atoms with van der Waals surface area (Å²) in [7, 11) is 1.70. The highest BCUT2D eigenvalue weighted by atomic mass is 127. The topological polar surface area (TPSA) is 69.1 Å². The maximum Gasteiger partial charge on any atom is 0.191 e. The molecule has 0 amide bonds. The molecule has 1 aromatic rings. The molecular weight excluding hydrogens is 479 g/mol. The molecule has 1 unspecified atom stereocenters. The van der Waals surface area contributed by atoms with Crippen LogP contribution >= 0.6 is 24.0 Å². The first-order chi connectivity index (χ1) is 13.5. The lowest BCUT2D eigenvalue weighted by molar-refractivity contribution is 0.0418. The average Bonchev–Trinajstić information content (AvgIpc) is 3.26. The van der Waals surface area contributed by atoms with Crippen LogP contribution in [0.1, 0.15) is 58.1 Å². The summed E-state index contributed by atoms with van der Waals surface area (Å²) in [5.41, 5.74) is 0.553. The molecule has 3 N–H and O–H groups in total. The number of benzene rings is 1. The molecule has 0 aromatic heterocycles. The van der Waals surface area contributed by atoms with Gasteiger partial charge in [-0.1, -0.05) is 26.0 Å². The number of methoxy groups -OCH3 is 1. The van der Waals surface area contributed by atoms with Crippen LogP contribution in [0.4, 0.5) is 0 Å². The Balaban J connectivity index is 0.00000420. The summed E-state index contributed by atoms with van der Waals surface area (Å²) in [5.74, 6) is 1.64. The van der Waals surface area contributed by atoms with Crippen molar-refractivity contribution < 1.29 is 9.84 Å². The number of halogens is 1. The first-order valence-electron chi connectivity index (χ1n) is 10.7. The number of aliphatic imine (C=N–C) groups is 1. The second-order valence-electron chi connectivity index (χ2n) is 7.54. The molecule has 1 aromatic carbocycles. The van der Waals surface area contributed by atoms with Gasteiger partial charge in [0.2, 0.25) is 0 Å². The van der Waals surface area contributed by atoms with Gasteiger partial charge in [-0.25, -0.2) is 0 Å². The van der Waals surface area contributed by atoms with Crippen LogP contribution in [-0.2, 0) is 0 Å². The average molecular weight is 518 g/mol. The van der Waals surface area contributed by atoms with E-state index in [-0.39, 0.29) is 30.0 Å². The summed E-state index contributed by atoms with van der Waals surface area (Å²) in [6.07, 6.45) is 3.91. The van der Waals surface area contributed by atoms with Crippen molar-refractivity contribution in [1.82, 2.24) is 15.5 Å². The number of ether oxygens (including phenoxy) is 1. The first kappa shape index (κ1) is 26.0. The standard InChI is InChI=1S/C22H38N4O2.HI/c1-5-22(27,6-2)17-25-21(23-7-3)24-16-20(26-14-8-9-15-26)18-10-12-19(28-4)13-11-18;/h10-13,20,27H,5-9,14-17H2,1-4H3,(H2,23,24,25);1H. The summed E-state index contributed by atoms with van der Waals surface area (Å²) in [4.78, 5) is 7.19. The van der Waals surface area contributed by atoms with Crippen LogP contribution in [0.15, 0.2) is 29.3 Å². The predicted octanol–water partition coefficient (Wildman–Crippen LogP) is 3.56. The Labute approximate surface area is 193 Å². The Morgan fingerprint density at radius 1 is 1.14 bits per heavy atom. The van der Waals surface area contributed by atoms with Gasteiger partial charge < -0.3 is 20.5 Å². The SMILES string of the molecule is CCNC(=NCC(O)(CC)CC)NCC(c1ccc(OC)cc1)N1CCCC1.I. The quantitative estimate of drug-likeness (QED) is 0.251. The van der Waals surface area contributed by atoms with Crippen molar-refractivity contribution in [3.8, 4) is 5.75 Å². The summed E-state index contributed by atoms with van der Waals surface area (Å²) < 4.78 is 5.31. The van der Waals surface area contributed by atoms with E-state index >= 15 is 0 Å². The van der Waals surface area contributed by atoms with Crippen LogP contribution in [-0.4, -0.2) is 61.4 Å². The summed E-state index contributed by atoms with van der Waals surface area (Å²) in [5, 5.41) is 17.3. The Morgan fingerprint density at radius 2 is 1.76 bits per heavy atom. The zero-order valence-corrected chi connectivity index (χ0v) is 20.7. The highest BCUT2D eigenvalue weighted by molar-refractivity contribution is 14.0. The minimum Gasteiger partial charge on any atom is -0.497 e. The van der Waals surface area contributed by atoms with Gasteiger partial charge in [-0.2, -0.15) is 0 Å². The van der Waals surface area contributed by atoms with Crippen molar-refractivity contribution in [3.63, 3.8) is 0 Å². The van der Waals surface area contributed by atoms with E-state index in [1.165, 1.54) is 18.4 Å². The van der Waals surface area contributed by atoms with Crippen LogP contribution < -0.4 is 15.4 Å². The molecule has 29 heavy (non-hydrogen) atoms. The number of hydrogen-bond acceptors (Lipinski definition) is 4. The molecule has 0 aliphatic carbocycles. The van der Waals surface area contributed by atoms with E-state index in [1.807, 2.05) is 26.0 Å². The minimum atomic E-state index is -0.729. The predicted molar refractivity (Wildman–Crippen MR) is 131 cm³/mol. The molecule has 1 aliphatic rings. The second kappa shape index (κ2) is 13.3. The summed E-state index contributed by atoms with van der Waals surface area (Å²) in [6, 6.07) is 8.65.